The molecule has 1 heterocycles. The van der Waals surface area contributed by atoms with Crippen molar-refractivity contribution in [3.05, 3.63) is 30.1 Å². The van der Waals surface area contributed by atoms with E-state index in [0.717, 1.165) is 23.8 Å². The van der Waals surface area contributed by atoms with Crippen molar-refractivity contribution in [2.45, 2.75) is 32.1 Å². The SMILES string of the molecule is O=C(COC(=O)CCN1C(=O)[C@H]2CCCC[C@@H]2C1=O)NC(=O)Nc1ccccc1F. The fraction of sp³-hybridized carbons (Fsp3) is 0.450. The first-order valence-corrected chi connectivity index (χ1v) is 9.73. The summed E-state index contributed by atoms with van der Waals surface area (Å²) in [6.45, 7) is -0.824. The van der Waals surface area contributed by atoms with E-state index in [4.69, 9.17) is 4.74 Å². The normalized spacial score (nSPS) is 20.5. The van der Waals surface area contributed by atoms with Crippen molar-refractivity contribution in [2.24, 2.45) is 11.8 Å². The molecule has 5 amide bonds. The van der Waals surface area contributed by atoms with Crippen LogP contribution in [0.4, 0.5) is 14.9 Å². The van der Waals surface area contributed by atoms with E-state index >= 15 is 0 Å². The van der Waals surface area contributed by atoms with Crippen LogP contribution in [0.5, 0.6) is 0 Å². The van der Waals surface area contributed by atoms with E-state index in [1.54, 1.807) is 0 Å². The van der Waals surface area contributed by atoms with Crippen LogP contribution in [0.3, 0.4) is 0 Å². The lowest BCUT2D eigenvalue weighted by molar-refractivity contribution is -0.149. The Morgan fingerprint density at radius 2 is 1.70 bits per heavy atom. The lowest BCUT2D eigenvalue weighted by Crippen LogP contribution is -2.38. The highest BCUT2D eigenvalue weighted by Crippen LogP contribution is 2.37. The quantitative estimate of drug-likeness (QED) is 0.533. The number of nitrogens with one attached hydrogen (secondary N) is 2. The number of para-hydroxylation sites is 1. The third-order valence-electron chi connectivity index (χ3n) is 5.21. The summed E-state index contributed by atoms with van der Waals surface area (Å²) in [5.74, 6) is -3.44. The molecule has 0 spiro atoms. The Balaban J connectivity index is 1.38. The number of amides is 5. The number of fused-ring (bicyclic) bond motifs is 1. The molecule has 1 aliphatic carbocycles. The second-order valence-corrected chi connectivity index (χ2v) is 7.22. The second-order valence-electron chi connectivity index (χ2n) is 7.22. The van der Waals surface area contributed by atoms with Gasteiger partial charge in [0, 0.05) is 6.54 Å². The number of nitrogens with zero attached hydrogens (tertiary/aromatic N) is 1. The van der Waals surface area contributed by atoms with E-state index in [0.29, 0.717) is 12.8 Å². The standard InChI is InChI=1S/C20H22FN3O6/c21-14-7-3-4-8-15(14)22-20(29)23-16(25)11-30-17(26)9-10-24-18(27)12-5-1-2-6-13(12)19(24)28/h3-4,7-8,12-13H,1-2,5-6,9-11H2,(H2,22,23,25,29)/t12-,13-/m0/s1. The second kappa shape index (κ2) is 9.47. The van der Waals surface area contributed by atoms with E-state index in [9.17, 15) is 28.4 Å². The van der Waals surface area contributed by atoms with Gasteiger partial charge in [-0.3, -0.25) is 29.4 Å². The number of imide groups is 2. The van der Waals surface area contributed by atoms with Crippen LogP contribution in [-0.4, -0.2) is 47.8 Å². The first kappa shape index (κ1) is 21.4. The number of urea groups is 1. The van der Waals surface area contributed by atoms with Crippen LogP contribution in [0.15, 0.2) is 24.3 Å². The van der Waals surface area contributed by atoms with Gasteiger partial charge in [-0.1, -0.05) is 25.0 Å². The van der Waals surface area contributed by atoms with Crippen LogP contribution >= 0.6 is 0 Å². The van der Waals surface area contributed by atoms with Crippen LogP contribution in [0.2, 0.25) is 0 Å². The summed E-state index contributed by atoms with van der Waals surface area (Å²) in [6, 6.07) is 4.44. The number of anilines is 1. The summed E-state index contributed by atoms with van der Waals surface area (Å²) in [7, 11) is 0. The molecule has 9 nitrogen and oxygen atoms in total. The average Bonchev–Trinajstić information content (AvgIpc) is 2.97. The molecule has 2 fully saturated rings. The first-order valence-electron chi connectivity index (χ1n) is 9.73. The average molecular weight is 419 g/mol. The smallest absolute Gasteiger partial charge is 0.326 e. The third-order valence-corrected chi connectivity index (χ3v) is 5.21. The fourth-order valence-corrected chi connectivity index (χ4v) is 3.75. The minimum Gasteiger partial charge on any atom is -0.456 e. The minimum absolute atomic E-state index is 0.0983. The molecule has 10 heteroatoms. The maximum absolute atomic E-state index is 13.5. The fourth-order valence-electron chi connectivity index (χ4n) is 3.75. The zero-order chi connectivity index (χ0) is 21.7. The van der Waals surface area contributed by atoms with E-state index in [1.165, 1.54) is 18.2 Å². The Hall–Kier alpha value is -3.30. The predicted molar refractivity (Wildman–Crippen MR) is 101 cm³/mol. The van der Waals surface area contributed by atoms with Crippen LogP contribution in [-0.2, 0) is 23.9 Å². The highest BCUT2D eigenvalue weighted by Gasteiger charge is 2.47. The molecular weight excluding hydrogens is 397 g/mol. The van der Waals surface area contributed by atoms with Crippen molar-refractivity contribution in [3.63, 3.8) is 0 Å². The number of likely N-dealkylation sites (tertiary alicyclic amines) is 1. The number of benzene rings is 1. The largest absolute Gasteiger partial charge is 0.456 e. The van der Waals surface area contributed by atoms with E-state index in [2.05, 4.69) is 5.32 Å². The van der Waals surface area contributed by atoms with Crippen molar-refractivity contribution < 1.29 is 33.1 Å². The molecule has 2 atom stereocenters. The van der Waals surface area contributed by atoms with Gasteiger partial charge in [0.15, 0.2) is 6.61 Å². The number of carbonyl (C=O) groups excluding carboxylic acids is 5. The van der Waals surface area contributed by atoms with Crippen LogP contribution in [0.1, 0.15) is 32.1 Å². The van der Waals surface area contributed by atoms with Gasteiger partial charge < -0.3 is 10.1 Å². The summed E-state index contributed by atoms with van der Waals surface area (Å²) >= 11 is 0. The number of halogens is 1. The Bertz CT molecular complexity index is 850. The van der Waals surface area contributed by atoms with Gasteiger partial charge in [-0.15, -0.1) is 0 Å². The maximum atomic E-state index is 13.5. The van der Waals surface area contributed by atoms with Gasteiger partial charge in [0.05, 0.1) is 23.9 Å². The number of carbonyl (C=O) groups is 5. The molecule has 0 bridgehead atoms. The summed E-state index contributed by atoms with van der Waals surface area (Å²) in [4.78, 5) is 61.0. The lowest BCUT2D eigenvalue weighted by Gasteiger charge is -2.19. The van der Waals surface area contributed by atoms with Gasteiger partial charge in [0.1, 0.15) is 5.82 Å². The van der Waals surface area contributed by atoms with Crippen molar-refractivity contribution in [1.29, 1.82) is 0 Å². The number of ether oxygens (including phenoxy) is 1. The van der Waals surface area contributed by atoms with Crippen molar-refractivity contribution >= 4 is 35.4 Å². The Morgan fingerprint density at radius 3 is 2.33 bits per heavy atom. The summed E-state index contributed by atoms with van der Waals surface area (Å²) in [5.41, 5.74) is -0.111. The topological polar surface area (TPSA) is 122 Å². The molecule has 0 radical (unpaired) electrons. The highest BCUT2D eigenvalue weighted by molar-refractivity contribution is 6.05. The molecule has 30 heavy (non-hydrogen) atoms. The molecular formula is C20H22FN3O6. The van der Waals surface area contributed by atoms with Gasteiger partial charge >= 0.3 is 12.0 Å². The summed E-state index contributed by atoms with van der Waals surface area (Å²) < 4.78 is 18.2. The molecule has 3 rings (SSSR count). The molecule has 0 aromatic heterocycles. The molecule has 1 aliphatic heterocycles. The predicted octanol–water partition coefficient (Wildman–Crippen LogP) is 1.58. The Labute approximate surface area is 171 Å². The zero-order valence-corrected chi connectivity index (χ0v) is 16.2. The zero-order valence-electron chi connectivity index (χ0n) is 16.2. The molecule has 1 aromatic rings. The van der Waals surface area contributed by atoms with Crippen molar-refractivity contribution in [1.82, 2.24) is 10.2 Å². The van der Waals surface area contributed by atoms with Gasteiger partial charge in [-0.05, 0) is 25.0 Å². The van der Waals surface area contributed by atoms with Gasteiger partial charge in [-0.25, -0.2) is 9.18 Å². The molecule has 0 unspecified atom stereocenters. The van der Waals surface area contributed by atoms with E-state index in [-0.39, 0.29) is 42.3 Å². The molecule has 2 N–H and O–H groups in total. The Morgan fingerprint density at radius 1 is 1.07 bits per heavy atom. The Kier molecular flexibility index (Phi) is 6.76. The number of hydrogen-bond acceptors (Lipinski definition) is 6. The molecule has 1 saturated heterocycles. The summed E-state index contributed by atoms with van der Waals surface area (Å²) in [5, 5.41) is 4.06. The lowest BCUT2D eigenvalue weighted by atomic mass is 9.81. The molecule has 2 aliphatic rings. The van der Waals surface area contributed by atoms with Gasteiger partial charge in [0.2, 0.25) is 11.8 Å². The maximum Gasteiger partial charge on any atom is 0.326 e. The van der Waals surface area contributed by atoms with Crippen molar-refractivity contribution in [2.75, 3.05) is 18.5 Å². The van der Waals surface area contributed by atoms with Crippen molar-refractivity contribution in [3.8, 4) is 0 Å². The van der Waals surface area contributed by atoms with Gasteiger partial charge in [-0.2, -0.15) is 0 Å². The molecule has 1 saturated carbocycles. The monoisotopic (exact) mass is 419 g/mol. The van der Waals surface area contributed by atoms with E-state index in [1.807, 2.05) is 5.32 Å². The summed E-state index contributed by atoms with van der Waals surface area (Å²) in [6.07, 6.45) is 2.95. The highest BCUT2D eigenvalue weighted by atomic mass is 19.1. The minimum atomic E-state index is -0.975. The van der Waals surface area contributed by atoms with Crippen LogP contribution in [0, 0.1) is 17.7 Å². The van der Waals surface area contributed by atoms with E-state index < -0.39 is 30.3 Å². The number of rotatable bonds is 6. The third kappa shape index (κ3) is 5.00. The number of hydrogen-bond donors (Lipinski definition) is 2. The molecule has 1 aromatic carbocycles. The van der Waals surface area contributed by atoms with Crippen LogP contribution in [0.25, 0.3) is 0 Å². The van der Waals surface area contributed by atoms with Gasteiger partial charge in [0.25, 0.3) is 5.91 Å². The first-order chi connectivity index (χ1) is 14.4. The molecule has 160 valence electrons. The van der Waals surface area contributed by atoms with Crippen LogP contribution < -0.4 is 10.6 Å². The number of esters is 1.